The summed E-state index contributed by atoms with van der Waals surface area (Å²) in [7, 11) is -3.66. The lowest BCUT2D eigenvalue weighted by molar-refractivity contribution is 0.0729. The van der Waals surface area contributed by atoms with Gasteiger partial charge >= 0.3 is 0 Å². The zero-order chi connectivity index (χ0) is 20.1. The Kier molecular flexibility index (Phi) is 6.49. The molecule has 0 N–H and O–H groups in total. The SMILES string of the molecule is CCN(Cc1ccccc1)C(=O)c1ccc(C)c(S(=O)(=O)N2CCOCC2)c1. The van der Waals surface area contributed by atoms with Crippen LogP contribution in [0.4, 0.5) is 0 Å². The number of sulfonamides is 1. The summed E-state index contributed by atoms with van der Waals surface area (Å²) in [5.74, 6) is -0.176. The largest absolute Gasteiger partial charge is 0.379 e. The van der Waals surface area contributed by atoms with Crippen molar-refractivity contribution in [3.8, 4) is 0 Å². The van der Waals surface area contributed by atoms with E-state index in [1.165, 1.54) is 10.4 Å². The maximum absolute atomic E-state index is 13.1. The zero-order valence-corrected chi connectivity index (χ0v) is 17.1. The third-order valence-electron chi connectivity index (χ3n) is 4.91. The number of ether oxygens (including phenoxy) is 1. The molecule has 7 heteroatoms. The number of morpholine rings is 1. The second kappa shape index (κ2) is 8.86. The van der Waals surface area contributed by atoms with Gasteiger partial charge in [-0.1, -0.05) is 36.4 Å². The number of carbonyl (C=O) groups is 1. The number of benzene rings is 2. The quantitative estimate of drug-likeness (QED) is 0.745. The van der Waals surface area contributed by atoms with E-state index in [1.54, 1.807) is 24.0 Å². The van der Waals surface area contributed by atoms with Gasteiger partial charge in [-0.15, -0.1) is 0 Å². The first kappa shape index (κ1) is 20.5. The van der Waals surface area contributed by atoms with Gasteiger partial charge in [0.15, 0.2) is 0 Å². The van der Waals surface area contributed by atoms with Gasteiger partial charge in [0.1, 0.15) is 0 Å². The van der Waals surface area contributed by atoms with Crippen molar-refractivity contribution >= 4 is 15.9 Å². The first-order valence-corrected chi connectivity index (χ1v) is 10.9. The Morgan fingerprint density at radius 1 is 1.11 bits per heavy atom. The molecule has 1 saturated heterocycles. The fraction of sp³-hybridized carbons (Fsp3) is 0.381. The van der Waals surface area contributed by atoms with E-state index in [4.69, 9.17) is 4.74 Å². The van der Waals surface area contributed by atoms with Crippen LogP contribution >= 0.6 is 0 Å². The molecule has 150 valence electrons. The summed E-state index contributed by atoms with van der Waals surface area (Å²) in [5, 5.41) is 0. The molecule has 0 radical (unpaired) electrons. The topological polar surface area (TPSA) is 66.9 Å². The number of aryl methyl sites for hydroxylation is 1. The van der Waals surface area contributed by atoms with Crippen molar-refractivity contribution in [1.29, 1.82) is 0 Å². The van der Waals surface area contributed by atoms with Crippen LogP contribution in [-0.4, -0.2) is 56.4 Å². The van der Waals surface area contributed by atoms with Gasteiger partial charge in [-0.05, 0) is 37.1 Å². The first-order chi connectivity index (χ1) is 13.4. The van der Waals surface area contributed by atoms with Crippen molar-refractivity contribution in [2.24, 2.45) is 0 Å². The summed E-state index contributed by atoms with van der Waals surface area (Å²) >= 11 is 0. The van der Waals surface area contributed by atoms with E-state index in [0.29, 0.717) is 50.5 Å². The molecule has 28 heavy (non-hydrogen) atoms. The number of hydrogen-bond acceptors (Lipinski definition) is 4. The number of rotatable bonds is 6. The predicted molar refractivity (Wildman–Crippen MR) is 108 cm³/mol. The Labute approximate surface area is 166 Å². The molecule has 1 heterocycles. The molecular formula is C21H26N2O4S. The molecule has 0 unspecified atom stereocenters. The average molecular weight is 403 g/mol. The van der Waals surface area contributed by atoms with Crippen LogP contribution in [0.1, 0.15) is 28.4 Å². The molecule has 0 spiro atoms. The summed E-state index contributed by atoms with van der Waals surface area (Å²) in [5.41, 5.74) is 2.05. The van der Waals surface area contributed by atoms with Crippen molar-refractivity contribution in [3.05, 3.63) is 65.2 Å². The fourth-order valence-electron chi connectivity index (χ4n) is 3.25. The van der Waals surface area contributed by atoms with Crippen LogP contribution in [-0.2, 0) is 21.3 Å². The molecule has 0 atom stereocenters. The lowest BCUT2D eigenvalue weighted by Crippen LogP contribution is -2.41. The smallest absolute Gasteiger partial charge is 0.254 e. The van der Waals surface area contributed by atoms with Crippen LogP contribution in [0, 0.1) is 6.92 Å². The number of amides is 1. The molecule has 0 bridgehead atoms. The Balaban J connectivity index is 1.88. The van der Waals surface area contributed by atoms with Gasteiger partial charge in [0.05, 0.1) is 18.1 Å². The van der Waals surface area contributed by atoms with E-state index in [1.807, 2.05) is 37.3 Å². The summed E-state index contributed by atoms with van der Waals surface area (Å²) in [4.78, 5) is 14.9. The second-order valence-corrected chi connectivity index (χ2v) is 8.71. The summed E-state index contributed by atoms with van der Waals surface area (Å²) in [6, 6.07) is 14.7. The summed E-state index contributed by atoms with van der Waals surface area (Å²) < 4.78 is 32.8. The summed E-state index contributed by atoms with van der Waals surface area (Å²) in [6.45, 7) is 6.12. The minimum absolute atomic E-state index is 0.176. The maximum Gasteiger partial charge on any atom is 0.254 e. The molecule has 1 aliphatic heterocycles. The van der Waals surface area contributed by atoms with E-state index >= 15 is 0 Å². The van der Waals surface area contributed by atoms with Crippen LogP contribution in [0.5, 0.6) is 0 Å². The molecule has 1 fully saturated rings. The minimum Gasteiger partial charge on any atom is -0.379 e. The molecule has 6 nitrogen and oxygen atoms in total. The molecule has 3 rings (SSSR count). The lowest BCUT2D eigenvalue weighted by atomic mass is 10.1. The van der Waals surface area contributed by atoms with Gasteiger partial charge in [0, 0.05) is 31.7 Å². The Hall–Kier alpha value is -2.22. The Bertz CT molecular complexity index is 923. The monoisotopic (exact) mass is 402 g/mol. The normalized spacial score (nSPS) is 15.4. The van der Waals surface area contributed by atoms with Crippen LogP contribution < -0.4 is 0 Å². The standard InChI is InChI=1S/C21H26N2O4S/c1-3-22(16-18-7-5-4-6-8-18)21(24)19-10-9-17(2)20(15-19)28(25,26)23-11-13-27-14-12-23/h4-10,15H,3,11-14,16H2,1-2H3. The highest BCUT2D eigenvalue weighted by molar-refractivity contribution is 7.89. The van der Waals surface area contributed by atoms with Gasteiger partial charge in [0.25, 0.3) is 5.91 Å². The summed E-state index contributed by atoms with van der Waals surface area (Å²) in [6.07, 6.45) is 0. The second-order valence-electron chi connectivity index (χ2n) is 6.80. The molecule has 0 aliphatic carbocycles. The van der Waals surface area contributed by atoms with Crippen LogP contribution in [0.25, 0.3) is 0 Å². The predicted octanol–water partition coefficient (Wildman–Crippen LogP) is 2.68. The van der Waals surface area contributed by atoms with E-state index in [2.05, 4.69) is 0 Å². The highest BCUT2D eigenvalue weighted by Crippen LogP contribution is 2.23. The molecule has 1 amide bonds. The van der Waals surface area contributed by atoms with Crippen LogP contribution in [0.15, 0.2) is 53.4 Å². The van der Waals surface area contributed by atoms with E-state index in [-0.39, 0.29) is 10.8 Å². The van der Waals surface area contributed by atoms with Gasteiger partial charge in [0.2, 0.25) is 10.0 Å². The maximum atomic E-state index is 13.1. The van der Waals surface area contributed by atoms with Gasteiger partial charge in [-0.2, -0.15) is 4.31 Å². The third kappa shape index (κ3) is 4.43. The molecule has 2 aromatic rings. The number of nitrogens with zero attached hydrogens (tertiary/aromatic N) is 2. The number of hydrogen-bond donors (Lipinski definition) is 0. The molecule has 0 aromatic heterocycles. The van der Waals surface area contributed by atoms with Gasteiger partial charge < -0.3 is 9.64 Å². The highest BCUT2D eigenvalue weighted by atomic mass is 32.2. The minimum atomic E-state index is -3.66. The average Bonchev–Trinajstić information content (AvgIpc) is 2.73. The van der Waals surface area contributed by atoms with Crippen LogP contribution in [0.3, 0.4) is 0 Å². The van der Waals surface area contributed by atoms with E-state index < -0.39 is 10.0 Å². The third-order valence-corrected chi connectivity index (χ3v) is 6.95. The first-order valence-electron chi connectivity index (χ1n) is 9.45. The number of carbonyl (C=O) groups excluding carboxylic acids is 1. The van der Waals surface area contributed by atoms with E-state index in [9.17, 15) is 13.2 Å². The van der Waals surface area contributed by atoms with Crippen molar-refractivity contribution in [2.75, 3.05) is 32.8 Å². The Morgan fingerprint density at radius 3 is 2.43 bits per heavy atom. The van der Waals surface area contributed by atoms with Crippen molar-refractivity contribution in [3.63, 3.8) is 0 Å². The molecule has 0 saturated carbocycles. The van der Waals surface area contributed by atoms with Crippen molar-refractivity contribution < 1.29 is 17.9 Å². The van der Waals surface area contributed by atoms with Gasteiger partial charge in [-0.25, -0.2) is 8.42 Å². The molecule has 2 aromatic carbocycles. The molecular weight excluding hydrogens is 376 g/mol. The van der Waals surface area contributed by atoms with Gasteiger partial charge in [-0.3, -0.25) is 4.79 Å². The molecule has 1 aliphatic rings. The van der Waals surface area contributed by atoms with E-state index in [0.717, 1.165) is 5.56 Å². The van der Waals surface area contributed by atoms with Crippen LogP contribution in [0.2, 0.25) is 0 Å². The highest BCUT2D eigenvalue weighted by Gasteiger charge is 2.29. The van der Waals surface area contributed by atoms with Crippen molar-refractivity contribution in [2.45, 2.75) is 25.3 Å². The van der Waals surface area contributed by atoms with Crippen molar-refractivity contribution in [1.82, 2.24) is 9.21 Å². The lowest BCUT2D eigenvalue weighted by Gasteiger charge is -2.27. The fourth-order valence-corrected chi connectivity index (χ4v) is 4.91. The zero-order valence-electron chi connectivity index (χ0n) is 16.3. The Morgan fingerprint density at radius 2 is 1.79 bits per heavy atom.